The lowest BCUT2D eigenvalue weighted by Crippen LogP contribution is -2.35. The average Bonchev–Trinajstić information content (AvgIpc) is 2.41. The van der Waals surface area contributed by atoms with E-state index in [2.05, 4.69) is 21.2 Å². The molecule has 0 unspecified atom stereocenters. The molecule has 2 aromatic rings. The number of carbonyl (C=O) groups excluding carboxylic acids is 1. The standard InChI is InChI=1S/C17H18BrNO/c1-12-6-4-5-7-15(12)17(2,3)16(20)19-14-10-8-13(18)9-11-14/h4-11H,1-3H3,(H,19,20). The first kappa shape index (κ1) is 14.8. The summed E-state index contributed by atoms with van der Waals surface area (Å²) in [7, 11) is 0. The minimum absolute atomic E-state index is 0.00544. The Morgan fingerprint density at radius 1 is 1.05 bits per heavy atom. The normalized spacial score (nSPS) is 11.2. The molecule has 0 aliphatic rings. The summed E-state index contributed by atoms with van der Waals surface area (Å²) in [6, 6.07) is 15.6. The summed E-state index contributed by atoms with van der Waals surface area (Å²) >= 11 is 3.38. The molecule has 0 fully saturated rings. The van der Waals surface area contributed by atoms with Crippen molar-refractivity contribution in [1.29, 1.82) is 0 Å². The lowest BCUT2D eigenvalue weighted by Gasteiger charge is -2.26. The summed E-state index contributed by atoms with van der Waals surface area (Å²) in [5.74, 6) is -0.00544. The maximum Gasteiger partial charge on any atom is 0.234 e. The Kier molecular flexibility index (Phi) is 4.29. The number of hydrogen-bond acceptors (Lipinski definition) is 1. The molecule has 0 saturated carbocycles. The van der Waals surface area contributed by atoms with Gasteiger partial charge in [-0.05, 0) is 56.2 Å². The third-order valence-electron chi connectivity index (χ3n) is 3.49. The van der Waals surface area contributed by atoms with Crippen LogP contribution in [0.15, 0.2) is 53.0 Å². The molecule has 0 saturated heterocycles. The van der Waals surface area contributed by atoms with Crippen molar-refractivity contribution in [1.82, 2.24) is 0 Å². The number of carbonyl (C=O) groups is 1. The van der Waals surface area contributed by atoms with Gasteiger partial charge in [0.15, 0.2) is 0 Å². The fourth-order valence-electron chi connectivity index (χ4n) is 2.22. The number of amides is 1. The fraction of sp³-hybridized carbons (Fsp3) is 0.235. The lowest BCUT2D eigenvalue weighted by atomic mass is 9.81. The second kappa shape index (κ2) is 5.80. The zero-order chi connectivity index (χ0) is 14.8. The molecule has 20 heavy (non-hydrogen) atoms. The van der Waals surface area contributed by atoms with Crippen LogP contribution in [-0.2, 0) is 10.2 Å². The highest BCUT2D eigenvalue weighted by Gasteiger charge is 2.30. The second-order valence-electron chi connectivity index (χ2n) is 5.40. The minimum Gasteiger partial charge on any atom is -0.325 e. The highest BCUT2D eigenvalue weighted by atomic mass is 79.9. The van der Waals surface area contributed by atoms with Crippen molar-refractivity contribution in [2.24, 2.45) is 0 Å². The Balaban J connectivity index is 2.23. The maximum atomic E-state index is 12.5. The van der Waals surface area contributed by atoms with Gasteiger partial charge in [-0.25, -0.2) is 0 Å². The van der Waals surface area contributed by atoms with Crippen molar-refractivity contribution in [3.63, 3.8) is 0 Å². The Labute approximate surface area is 128 Å². The zero-order valence-electron chi connectivity index (χ0n) is 11.9. The summed E-state index contributed by atoms with van der Waals surface area (Å²) in [6.07, 6.45) is 0. The molecule has 1 N–H and O–H groups in total. The molecule has 3 heteroatoms. The van der Waals surface area contributed by atoms with Gasteiger partial charge in [0.2, 0.25) is 5.91 Å². The van der Waals surface area contributed by atoms with Crippen LogP contribution in [-0.4, -0.2) is 5.91 Å². The summed E-state index contributed by atoms with van der Waals surface area (Å²) in [5.41, 5.74) is 2.41. The van der Waals surface area contributed by atoms with E-state index < -0.39 is 5.41 Å². The van der Waals surface area contributed by atoms with Crippen molar-refractivity contribution in [2.45, 2.75) is 26.2 Å². The lowest BCUT2D eigenvalue weighted by molar-refractivity contribution is -0.120. The number of hydrogen-bond donors (Lipinski definition) is 1. The van der Waals surface area contributed by atoms with Gasteiger partial charge < -0.3 is 5.32 Å². The van der Waals surface area contributed by atoms with Crippen molar-refractivity contribution in [2.75, 3.05) is 5.32 Å². The second-order valence-corrected chi connectivity index (χ2v) is 6.32. The Morgan fingerprint density at radius 2 is 1.65 bits per heavy atom. The van der Waals surface area contributed by atoms with Crippen LogP contribution in [0.2, 0.25) is 0 Å². The fourth-order valence-corrected chi connectivity index (χ4v) is 2.48. The van der Waals surface area contributed by atoms with Crippen LogP contribution >= 0.6 is 15.9 Å². The van der Waals surface area contributed by atoms with E-state index in [1.165, 1.54) is 0 Å². The predicted octanol–water partition coefficient (Wildman–Crippen LogP) is 4.67. The Hall–Kier alpha value is -1.61. The van der Waals surface area contributed by atoms with Crippen molar-refractivity contribution < 1.29 is 4.79 Å². The van der Waals surface area contributed by atoms with E-state index >= 15 is 0 Å². The van der Waals surface area contributed by atoms with Gasteiger partial charge in [-0.3, -0.25) is 4.79 Å². The van der Waals surface area contributed by atoms with Gasteiger partial charge in [0.1, 0.15) is 0 Å². The molecule has 0 bridgehead atoms. The number of benzene rings is 2. The molecule has 2 aromatic carbocycles. The van der Waals surface area contributed by atoms with E-state index in [9.17, 15) is 4.79 Å². The van der Waals surface area contributed by atoms with Crippen LogP contribution < -0.4 is 5.32 Å². The van der Waals surface area contributed by atoms with Crippen LogP contribution in [0.5, 0.6) is 0 Å². The number of nitrogens with one attached hydrogen (secondary N) is 1. The molecule has 0 radical (unpaired) electrons. The molecule has 2 rings (SSSR count). The molecule has 0 aliphatic carbocycles. The SMILES string of the molecule is Cc1ccccc1C(C)(C)C(=O)Nc1ccc(Br)cc1. The van der Waals surface area contributed by atoms with Gasteiger partial charge >= 0.3 is 0 Å². The quantitative estimate of drug-likeness (QED) is 0.869. The Bertz CT molecular complexity index is 617. The topological polar surface area (TPSA) is 29.1 Å². The van der Waals surface area contributed by atoms with E-state index in [0.29, 0.717) is 0 Å². The number of halogens is 1. The van der Waals surface area contributed by atoms with Gasteiger partial charge in [0.05, 0.1) is 5.41 Å². The largest absolute Gasteiger partial charge is 0.325 e. The highest BCUT2D eigenvalue weighted by Crippen LogP contribution is 2.28. The maximum absolute atomic E-state index is 12.5. The van der Waals surface area contributed by atoms with Gasteiger partial charge in [-0.2, -0.15) is 0 Å². The molecule has 0 aliphatic heterocycles. The molecular weight excluding hydrogens is 314 g/mol. The predicted molar refractivity (Wildman–Crippen MR) is 87.0 cm³/mol. The summed E-state index contributed by atoms with van der Waals surface area (Å²) in [4.78, 5) is 12.5. The molecule has 104 valence electrons. The third-order valence-corrected chi connectivity index (χ3v) is 4.02. The first-order chi connectivity index (χ1) is 9.41. The first-order valence-electron chi connectivity index (χ1n) is 6.54. The van der Waals surface area contributed by atoms with Gasteiger partial charge in [-0.15, -0.1) is 0 Å². The van der Waals surface area contributed by atoms with Crippen molar-refractivity contribution >= 4 is 27.5 Å². The van der Waals surface area contributed by atoms with Crippen molar-refractivity contribution in [3.8, 4) is 0 Å². The monoisotopic (exact) mass is 331 g/mol. The van der Waals surface area contributed by atoms with Crippen LogP contribution in [0, 0.1) is 6.92 Å². The average molecular weight is 332 g/mol. The minimum atomic E-state index is -0.571. The van der Waals surface area contributed by atoms with Gasteiger partial charge in [-0.1, -0.05) is 40.2 Å². The smallest absolute Gasteiger partial charge is 0.234 e. The zero-order valence-corrected chi connectivity index (χ0v) is 13.5. The summed E-state index contributed by atoms with van der Waals surface area (Å²) < 4.78 is 0.994. The van der Waals surface area contributed by atoms with E-state index in [1.54, 1.807) is 0 Å². The first-order valence-corrected chi connectivity index (χ1v) is 7.33. The molecule has 0 spiro atoms. The van der Waals surface area contributed by atoms with Crippen LogP contribution in [0.4, 0.5) is 5.69 Å². The third kappa shape index (κ3) is 3.10. The molecule has 2 nitrogen and oxygen atoms in total. The molecule has 1 amide bonds. The Morgan fingerprint density at radius 3 is 2.25 bits per heavy atom. The molecule has 0 atom stereocenters. The van der Waals surface area contributed by atoms with Gasteiger partial charge in [0, 0.05) is 10.2 Å². The van der Waals surface area contributed by atoms with Crippen LogP contribution in [0.25, 0.3) is 0 Å². The molecule has 0 heterocycles. The number of aryl methyl sites for hydroxylation is 1. The van der Waals surface area contributed by atoms with E-state index in [1.807, 2.05) is 69.3 Å². The van der Waals surface area contributed by atoms with Crippen LogP contribution in [0.3, 0.4) is 0 Å². The summed E-state index contributed by atoms with van der Waals surface area (Å²) in [6.45, 7) is 5.93. The van der Waals surface area contributed by atoms with Crippen molar-refractivity contribution in [3.05, 3.63) is 64.1 Å². The van der Waals surface area contributed by atoms with Gasteiger partial charge in [0.25, 0.3) is 0 Å². The summed E-state index contributed by atoms with van der Waals surface area (Å²) in [5, 5.41) is 2.98. The van der Waals surface area contributed by atoms with E-state index in [0.717, 1.165) is 21.3 Å². The molecular formula is C17H18BrNO. The van der Waals surface area contributed by atoms with E-state index in [4.69, 9.17) is 0 Å². The highest BCUT2D eigenvalue weighted by molar-refractivity contribution is 9.10. The molecule has 0 aromatic heterocycles. The van der Waals surface area contributed by atoms with E-state index in [-0.39, 0.29) is 5.91 Å². The number of anilines is 1. The number of rotatable bonds is 3. The van der Waals surface area contributed by atoms with Crippen LogP contribution in [0.1, 0.15) is 25.0 Å².